The van der Waals surface area contributed by atoms with Crippen LogP contribution in [0.1, 0.15) is 78.7 Å². The smallest absolute Gasteiger partial charge is 0.246 e. The zero-order chi connectivity index (χ0) is 28.3. The summed E-state index contributed by atoms with van der Waals surface area (Å²) in [6.45, 7) is 10.7. The first-order valence-electron chi connectivity index (χ1n) is 14.5. The zero-order valence-corrected chi connectivity index (χ0v) is 24.2. The van der Waals surface area contributed by atoms with E-state index in [2.05, 4.69) is 50.9 Å². The van der Waals surface area contributed by atoms with Gasteiger partial charge in [-0.25, -0.2) is 0 Å². The van der Waals surface area contributed by atoms with Crippen molar-refractivity contribution in [1.82, 2.24) is 14.7 Å². The van der Waals surface area contributed by atoms with Crippen LogP contribution < -0.4 is 5.32 Å². The molecule has 3 heterocycles. The summed E-state index contributed by atoms with van der Waals surface area (Å²) in [7, 11) is 1.76. The van der Waals surface area contributed by atoms with Crippen LogP contribution in [0.5, 0.6) is 0 Å². The monoisotopic (exact) mass is 533 g/mol. The second kappa shape index (κ2) is 9.92. The Bertz CT molecular complexity index is 1200. The molecule has 1 aromatic carbocycles. The number of carbonyl (C=O) groups is 3. The lowest BCUT2D eigenvalue weighted by atomic mass is 9.80. The van der Waals surface area contributed by atoms with Crippen LogP contribution in [0.25, 0.3) is 0 Å². The van der Waals surface area contributed by atoms with Crippen molar-refractivity contribution >= 4 is 23.4 Å². The average Bonchev–Trinajstić information content (AvgIpc) is 3.63. The summed E-state index contributed by atoms with van der Waals surface area (Å²) >= 11 is 0. The van der Waals surface area contributed by atoms with Crippen LogP contribution in [0.2, 0.25) is 0 Å². The molecule has 8 heteroatoms. The molecule has 5 rings (SSSR count). The fourth-order valence-electron chi connectivity index (χ4n) is 7.83. The number of carbonyl (C=O) groups excluding carboxylic acids is 3. The third-order valence-corrected chi connectivity index (χ3v) is 9.59. The first-order valence-corrected chi connectivity index (χ1v) is 14.5. The molecule has 1 aliphatic carbocycles. The highest BCUT2D eigenvalue weighted by molar-refractivity contribution is 6.07. The van der Waals surface area contributed by atoms with E-state index < -0.39 is 17.5 Å². The SMILES string of the molecule is CC(C)N1[C@H](C(=O)N(C)[C@@H](CC(C)(C)C)C(=O)N2C[C@]3(C[C@H]2C#N)C(=O)Nc2ccccc23)CC2CCC[C@@H]21. The van der Waals surface area contributed by atoms with Gasteiger partial charge in [-0.05, 0) is 62.5 Å². The molecule has 1 aromatic rings. The maximum atomic E-state index is 14.4. The maximum absolute atomic E-state index is 14.4. The minimum Gasteiger partial charge on any atom is -0.332 e. The molecular formula is C31H43N5O3. The minimum absolute atomic E-state index is 0.00734. The number of rotatable bonds is 5. The van der Waals surface area contributed by atoms with Gasteiger partial charge < -0.3 is 15.1 Å². The molecule has 2 saturated heterocycles. The normalized spacial score (nSPS) is 30.8. The van der Waals surface area contributed by atoms with Crippen molar-refractivity contribution in [2.24, 2.45) is 11.3 Å². The van der Waals surface area contributed by atoms with Crippen molar-refractivity contribution in [3.63, 3.8) is 0 Å². The van der Waals surface area contributed by atoms with Gasteiger partial charge in [-0.2, -0.15) is 5.26 Å². The van der Waals surface area contributed by atoms with Crippen LogP contribution in [0.15, 0.2) is 24.3 Å². The lowest BCUT2D eigenvalue weighted by molar-refractivity contribution is -0.149. The van der Waals surface area contributed by atoms with E-state index in [4.69, 9.17) is 0 Å². The van der Waals surface area contributed by atoms with E-state index in [-0.39, 0.29) is 48.2 Å². The Kier molecular flexibility index (Phi) is 7.03. The van der Waals surface area contributed by atoms with Gasteiger partial charge >= 0.3 is 0 Å². The topological polar surface area (TPSA) is 96.8 Å². The highest BCUT2D eigenvalue weighted by Crippen LogP contribution is 2.47. The van der Waals surface area contributed by atoms with Crippen molar-refractivity contribution < 1.29 is 14.4 Å². The molecule has 3 fully saturated rings. The minimum atomic E-state index is -0.946. The third-order valence-electron chi connectivity index (χ3n) is 9.59. The summed E-state index contributed by atoms with van der Waals surface area (Å²) in [5, 5.41) is 13.1. The molecule has 3 aliphatic heterocycles. The lowest BCUT2D eigenvalue weighted by Gasteiger charge is -2.39. The van der Waals surface area contributed by atoms with Gasteiger partial charge in [-0.1, -0.05) is 45.4 Å². The molecule has 8 nitrogen and oxygen atoms in total. The Labute approximate surface area is 232 Å². The Morgan fingerprint density at radius 2 is 1.95 bits per heavy atom. The fraction of sp³-hybridized carbons (Fsp3) is 0.677. The van der Waals surface area contributed by atoms with Crippen LogP contribution in [-0.4, -0.2) is 76.2 Å². The molecule has 6 atom stereocenters. The number of hydrogen-bond acceptors (Lipinski definition) is 5. The number of anilines is 1. The van der Waals surface area contributed by atoms with Crippen LogP contribution in [0, 0.1) is 22.7 Å². The summed E-state index contributed by atoms with van der Waals surface area (Å²) in [4.78, 5) is 47.4. The maximum Gasteiger partial charge on any atom is 0.246 e. The molecule has 1 unspecified atom stereocenters. The van der Waals surface area contributed by atoms with Gasteiger partial charge in [0.25, 0.3) is 0 Å². The Hall–Kier alpha value is -2.92. The summed E-state index contributed by atoms with van der Waals surface area (Å²) < 4.78 is 0. The van der Waals surface area contributed by atoms with Crippen molar-refractivity contribution in [2.75, 3.05) is 18.9 Å². The predicted octanol–water partition coefficient (Wildman–Crippen LogP) is 3.92. The number of nitrogens with one attached hydrogen (secondary N) is 1. The molecule has 3 amide bonds. The second-order valence-electron chi connectivity index (χ2n) is 13.7. The van der Waals surface area contributed by atoms with Gasteiger partial charge in [0.2, 0.25) is 17.7 Å². The third kappa shape index (κ3) is 4.63. The summed E-state index contributed by atoms with van der Waals surface area (Å²) in [6, 6.07) is 8.84. The van der Waals surface area contributed by atoms with Crippen molar-refractivity contribution in [3.05, 3.63) is 29.8 Å². The lowest BCUT2D eigenvalue weighted by Crippen LogP contribution is -2.57. The van der Waals surface area contributed by atoms with Crippen molar-refractivity contribution in [2.45, 2.75) is 109 Å². The van der Waals surface area contributed by atoms with Gasteiger partial charge in [-0.15, -0.1) is 0 Å². The highest BCUT2D eigenvalue weighted by Gasteiger charge is 2.57. The summed E-state index contributed by atoms with van der Waals surface area (Å²) in [6.07, 6.45) is 5.07. The molecule has 210 valence electrons. The standard InChI is InChI=1S/C31H43N5O3/c1-19(2)36-24-13-9-10-20(24)14-25(36)27(37)34(6)26(16-30(3,4)5)28(38)35-18-31(15-21(35)17-32)22-11-7-8-12-23(22)33-29(31)39/h7-8,11-12,19-21,24-26H,9-10,13-16,18H2,1-6H3,(H,33,39)/t20?,21-,24-,25-,26-,31-/m0/s1. The fourth-order valence-corrected chi connectivity index (χ4v) is 7.83. The molecule has 0 radical (unpaired) electrons. The number of para-hydroxylation sites is 1. The number of nitrogens with zero attached hydrogens (tertiary/aromatic N) is 4. The number of fused-ring (bicyclic) bond motifs is 3. The van der Waals surface area contributed by atoms with Crippen LogP contribution >= 0.6 is 0 Å². The van der Waals surface area contributed by atoms with Gasteiger partial charge in [0.15, 0.2) is 0 Å². The van der Waals surface area contributed by atoms with E-state index in [1.807, 2.05) is 24.3 Å². The number of hydrogen-bond donors (Lipinski definition) is 1. The van der Waals surface area contributed by atoms with Gasteiger partial charge in [0, 0.05) is 37.8 Å². The van der Waals surface area contributed by atoms with Crippen LogP contribution in [0.3, 0.4) is 0 Å². The number of nitriles is 1. The van der Waals surface area contributed by atoms with Crippen LogP contribution in [-0.2, 0) is 19.8 Å². The summed E-state index contributed by atoms with van der Waals surface area (Å²) in [5.74, 6) is 0.123. The molecular weight excluding hydrogens is 490 g/mol. The van der Waals surface area contributed by atoms with Crippen molar-refractivity contribution in [3.8, 4) is 6.07 Å². The quantitative estimate of drug-likeness (QED) is 0.619. The van der Waals surface area contributed by atoms with Gasteiger partial charge in [-0.3, -0.25) is 19.3 Å². The van der Waals surface area contributed by atoms with Gasteiger partial charge in [0.1, 0.15) is 12.1 Å². The summed E-state index contributed by atoms with van der Waals surface area (Å²) in [5.41, 5.74) is 0.411. The van der Waals surface area contributed by atoms with E-state index in [9.17, 15) is 19.6 Å². The zero-order valence-electron chi connectivity index (χ0n) is 24.2. The van der Waals surface area contributed by atoms with E-state index in [0.717, 1.165) is 30.5 Å². The molecule has 39 heavy (non-hydrogen) atoms. The van der Waals surface area contributed by atoms with E-state index in [1.165, 1.54) is 6.42 Å². The Morgan fingerprint density at radius 1 is 1.23 bits per heavy atom. The molecule has 4 aliphatic rings. The first kappa shape index (κ1) is 27.6. The number of amides is 3. The largest absolute Gasteiger partial charge is 0.332 e. The average molecular weight is 534 g/mol. The van der Waals surface area contributed by atoms with Crippen LogP contribution in [0.4, 0.5) is 5.69 Å². The van der Waals surface area contributed by atoms with E-state index >= 15 is 0 Å². The van der Waals surface area contributed by atoms with Crippen molar-refractivity contribution in [1.29, 1.82) is 5.26 Å². The number of benzene rings is 1. The number of likely N-dealkylation sites (tertiary alicyclic amines) is 2. The molecule has 1 saturated carbocycles. The Balaban J connectivity index is 1.44. The number of likely N-dealkylation sites (N-methyl/N-ethyl adjacent to an activating group) is 1. The molecule has 1 N–H and O–H groups in total. The predicted molar refractivity (Wildman–Crippen MR) is 150 cm³/mol. The van der Waals surface area contributed by atoms with E-state index in [0.29, 0.717) is 18.4 Å². The van der Waals surface area contributed by atoms with E-state index in [1.54, 1.807) is 16.8 Å². The molecule has 1 spiro atoms. The molecule has 0 aromatic heterocycles. The molecule has 0 bridgehead atoms. The first-order chi connectivity index (χ1) is 18.4. The highest BCUT2D eigenvalue weighted by atomic mass is 16.2. The van der Waals surface area contributed by atoms with Gasteiger partial charge in [0.05, 0.1) is 17.5 Å². The second-order valence-corrected chi connectivity index (χ2v) is 13.7. The Morgan fingerprint density at radius 3 is 2.62 bits per heavy atom.